The molecule has 0 amide bonds. The Morgan fingerprint density at radius 3 is 0.898 bits per heavy atom. The Kier molecular flexibility index (Phi) is 10.6. The van der Waals surface area contributed by atoms with Gasteiger partial charge in [-0.25, -0.2) is 0 Å². The lowest BCUT2D eigenvalue weighted by molar-refractivity contribution is 0.490. The van der Waals surface area contributed by atoms with E-state index in [2.05, 4.69) is 254 Å². The van der Waals surface area contributed by atoms with Crippen LogP contribution < -0.4 is 9.80 Å². The molecule has 0 atom stereocenters. The first-order valence-electron chi connectivity index (χ1n) is 20.8. The number of rotatable bonds is 12. The van der Waals surface area contributed by atoms with Crippen molar-refractivity contribution >= 4 is 58.4 Å². The van der Waals surface area contributed by atoms with Crippen LogP contribution in [0, 0.1) is 0 Å². The molecule has 8 aromatic carbocycles. The summed E-state index contributed by atoms with van der Waals surface area (Å²) < 4.78 is 0. The Morgan fingerprint density at radius 2 is 0.593 bits per heavy atom. The molecule has 8 aromatic rings. The number of hydrogen-bond acceptors (Lipinski definition) is 2. The minimum absolute atomic E-state index is 0.0294. The van der Waals surface area contributed by atoms with E-state index >= 15 is 0 Å². The van der Waals surface area contributed by atoms with Crippen molar-refractivity contribution in [2.24, 2.45) is 0 Å². The van der Waals surface area contributed by atoms with Crippen LogP contribution in [0.5, 0.6) is 0 Å². The Labute approximate surface area is 349 Å². The second kappa shape index (κ2) is 16.7. The van der Waals surface area contributed by atoms with E-state index in [4.69, 9.17) is 0 Å². The van der Waals surface area contributed by atoms with Crippen LogP contribution in [0.15, 0.2) is 206 Å². The number of anilines is 6. The highest BCUT2D eigenvalue weighted by Gasteiger charge is 2.40. The first-order chi connectivity index (χ1) is 29.1. The molecule has 0 radical (unpaired) electrons. The minimum atomic E-state index is -0.0294. The Morgan fingerprint density at radius 1 is 0.322 bits per heavy atom. The molecule has 286 valence electrons. The fourth-order valence-electron chi connectivity index (χ4n) is 8.81. The average molecular weight is 761 g/mol. The van der Waals surface area contributed by atoms with Gasteiger partial charge in [-0.2, -0.15) is 0 Å². The van der Waals surface area contributed by atoms with Crippen LogP contribution >= 0.6 is 0 Å². The first-order valence-corrected chi connectivity index (χ1v) is 20.8. The van der Waals surface area contributed by atoms with Gasteiger partial charge in [-0.1, -0.05) is 172 Å². The molecule has 0 spiro atoms. The SMILES string of the molecule is CCC1(CC)c2cc(/C=C/c3ccc(N(c4ccccc4)c4ccccc4)cc3)ccc2-c2ccc(/C=C/c3ccc(N(c4ccccc4)c4ccccc4)cc3)cc21. The van der Waals surface area contributed by atoms with Gasteiger partial charge >= 0.3 is 0 Å². The molecule has 0 saturated heterocycles. The monoisotopic (exact) mass is 760 g/mol. The summed E-state index contributed by atoms with van der Waals surface area (Å²) in [4.78, 5) is 4.59. The molecule has 0 bridgehead atoms. The van der Waals surface area contributed by atoms with Gasteiger partial charge in [0.1, 0.15) is 0 Å². The third kappa shape index (κ3) is 7.54. The van der Waals surface area contributed by atoms with Gasteiger partial charge in [-0.3, -0.25) is 0 Å². The molecule has 2 nitrogen and oxygen atoms in total. The Balaban J connectivity index is 0.944. The first kappa shape index (κ1) is 37.4. The lowest BCUT2D eigenvalue weighted by Crippen LogP contribution is -2.23. The van der Waals surface area contributed by atoms with Crippen LogP contribution in [0.25, 0.3) is 35.4 Å². The summed E-state index contributed by atoms with van der Waals surface area (Å²) in [7, 11) is 0. The van der Waals surface area contributed by atoms with Crippen LogP contribution in [0.2, 0.25) is 0 Å². The summed E-state index contributed by atoms with van der Waals surface area (Å²) in [6.45, 7) is 4.69. The van der Waals surface area contributed by atoms with Crippen molar-refractivity contribution in [1.29, 1.82) is 0 Å². The van der Waals surface area contributed by atoms with Crippen LogP contribution in [0.1, 0.15) is 60.1 Å². The lowest BCUT2D eigenvalue weighted by Gasteiger charge is -2.30. The standard InChI is InChI=1S/C57H48N2/c1-3-57(4-2)55-41-45(27-25-43-29-35-51(36-30-43)58(47-17-9-5-10-18-47)48-19-11-6-12-20-48)33-39-53(55)54-40-34-46(42-56(54)57)28-26-44-31-37-52(38-32-44)59(49-21-13-7-14-22-49)50-23-15-8-16-24-50/h5-42H,3-4H2,1-2H3/b27-25+,28-26+. The average Bonchev–Trinajstić information content (AvgIpc) is 3.58. The molecule has 0 aliphatic heterocycles. The number of hydrogen-bond donors (Lipinski definition) is 0. The minimum Gasteiger partial charge on any atom is -0.311 e. The number of benzene rings is 8. The fraction of sp³-hybridized carbons (Fsp3) is 0.0877. The maximum atomic E-state index is 2.44. The molecule has 0 unspecified atom stereocenters. The van der Waals surface area contributed by atoms with Crippen molar-refractivity contribution in [2.45, 2.75) is 32.1 Å². The summed E-state index contributed by atoms with van der Waals surface area (Å²) in [6.07, 6.45) is 11.1. The lowest BCUT2D eigenvalue weighted by atomic mass is 9.73. The van der Waals surface area contributed by atoms with Crippen molar-refractivity contribution in [2.75, 3.05) is 9.80 Å². The van der Waals surface area contributed by atoms with Gasteiger partial charge in [0.05, 0.1) is 0 Å². The van der Waals surface area contributed by atoms with Crippen molar-refractivity contribution in [3.05, 3.63) is 240 Å². The van der Waals surface area contributed by atoms with E-state index < -0.39 is 0 Å². The highest BCUT2D eigenvalue weighted by molar-refractivity contribution is 5.86. The second-order valence-corrected chi connectivity index (χ2v) is 15.3. The van der Waals surface area contributed by atoms with E-state index in [0.29, 0.717) is 0 Å². The predicted molar refractivity (Wildman–Crippen MR) is 253 cm³/mol. The zero-order valence-electron chi connectivity index (χ0n) is 33.7. The quantitative estimate of drug-likeness (QED) is 0.114. The smallest absolute Gasteiger partial charge is 0.0462 e. The highest BCUT2D eigenvalue weighted by Crippen LogP contribution is 2.53. The molecule has 59 heavy (non-hydrogen) atoms. The predicted octanol–water partition coefficient (Wildman–Crippen LogP) is 16.1. The highest BCUT2D eigenvalue weighted by atomic mass is 15.1. The summed E-state index contributed by atoms with van der Waals surface area (Å²) in [5.74, 6) is 0. The molecule has 2 heteroatoms. The van der Waals surface area contributed by atoms with Crippen molar-refractivity contribution < 1.29 is 0 Å². The Bertz CT molecular complexity index is 2430. The van der Waals surface area contributed by atoms with Crippen LogP contribution in [0.4, 0.5) is 34.1 Å². The molecule has 0 N–H and O–H groups in total. The molecule has 1 aliphatic carbocycles. The molecular formula is C57H48N2. The third-order valence-corrected chi connectivity index (χ3v) is 11.9. The normalized spacial score (nSPS) is 12.7. The molecule has 0 fully saturated rings. The van der Waals surface area contributed by atoms with E-state index in [1.165, 1.54) is 44.5 Å². The fourth-order valence-corrected chi connectivity index (χ4v) is 8.81. The summed E-state index contributed by atoms with van der Waals surface area (Å²) in [5.41, 5.74) is 17.2. The van der Waals surface area contributed by atoms with Gasteiger partial charge in [-0.15, -0.1) is 0 Å². The molecule has 9 rings (SSSR count). The molecule has 0 saturated carbocycles. The molecule has 0 heterocycles. The number of nitrogens with zero attached hydrogens (tertiary/aromatic N) is 2. The second-order valence-electron chi connectivity index (χ2n) is 15.3. The third-order valence-electron chi connectivity index (χ3n) is 11.9. The van der Waals surface area contributed by atoms with Gasteiger partial charge in [-0.05, 0) is 130 Å². The Hall–Kier alpha value is -7.16. The maximum absolute atomic E-state index is 2.44. The van der Waals surface area contributed by atoms with Crippen molar-refractivity contribution in [1.82, 2.24) is 0 Å². The molecule has 0 aromatic heterocycles. The van der Waals surface area contributed by atoms with Gasteiger partial charge in [0.2, 0.25) is 0 Å². The van der Waals surface area contributed by atoms with E-state index in [9.17, 15) is 0 Å². The van der Waals surface area contributed by atoms with Gasteiger partial charge in [0, 0.05) is 39.5 Å². The van der Waals surface area contributed by atoms with Crippen molar-refractivity contribution in [3.8, 4) is 11.1 Å². The summed E-state index contributed by atoms with van der Waals surface area (Å²) in [6, 6.07) is 74.0. The topological polar surface area (TPSA) is 6.48 Å². The van der Waals surface area contributed by atoms with Gasteiger partial charge in [0.15, 0.2) is 0 Å². The zero-order valence-corrected chi connectivity index (χ0v) is 33.7. The van der Waals surface area contributed by atoms with Gasteiger partial charge < -0.3 is 9.80 Å². The summed E-state index contributed by atoms with van der Waals surface area (Å²) >= 11 is 0. The van der Waals surface area contributed by atoms with E-state index in [1.807, 2.05) is 0 Å². The van der Waals surface area contributed by atoms with E-state index in [-0.39, 0.29) is 5.41 Å². The van der Waals surface area contributed by atoms with E-state index in [0.717, 1.165) is 47.0 Å². The zero-order chi connectivity index (χ0) is 40.0. The van der Waals surface area contributed by atoms with Gasteiger partial charge in [0.25, 0.3) is 0 Å². The molecule has 1 aliphatic rings. The molecular weight excluding hydrogens is 713 g/mol. The summed E-state index contributed by atoms with van der Waals surface area (Å²) in [5, 5.41) is 0. The largest absolute Gasteiger partial charge is 0.311 e. The van der Waals surface area contributed by atoms with Crippen molar-refractivity contribution in [3.63, 3.8) is 0 Å². The number of fused-ring (bicyclic) bond motifs is 3. The maximum Gasteiger partial charge on any atom is 0.0462 e. The van der Waals surface area contributed by atoms with Crippen LogP contribution in [-0.4, -0.2) is 0 Å². The number of para-hydroxylation sites is 4. The van der Waals surface area contributed by atoms with Crippen LogP contribution in [-0.2, 0) is 5.41 Å². The van der Waals surface area contributed by atoms with Crippen LogP contribution in [0.3, 0.4) is 0 Å². The van der Waals surface area contributed by atoms with E-state index in [1.54, 1.807) is 0 Å².